The zero-order valence-electron chi connectivity index (χ0n) is 20.6. The molecule has 4 rings (SSSR count). The minimum Gasteiger partial charge on any atom is -0.493 e. The van der Waals surface area contributed by atoms with Gasteiger partial charge in [-0.2, -0.15) is 0 Å². The molecule has 0 radical (unpaired) electrons. The molecule has 3 atom stereocenters. The van der Waals surface area contributed by atoms with Crippen LogP contribution in [-0.4, -0.2) is 62.8 Å². The van der Waals surface area contributed by atoms with Crippen molar-refractivity contribution in [3.8, 4) is 23.0 Å². The maximum absolute atomic E-state index is 10.6. The lowest BCUT2D eigenvalue weighted by Crippen LogP contribution is -2.44. The Labute approximate surface area is 206 Å². The number of hydrogen-bond acceptors (Lipinski definition) is 7. The van der Waals surface area contributed by atoms with Gasteiger partial charge in [-0.15, -0.1) is 0 Å². The lowest BCUT2D eigenvalue weighted by molar-refractivity contribution is 0.0262. The number of fused-ring (bicyclic) bond motifs is 1. The summed E-state index contributed by atoms with van der Waals surface area (Å²) in [6.07, 6.45) is -0.224. The predicted octanol–water partition coefficient (Wildman–Crippen LogP) is 3.76. The summed E-state index contributed by atoms with van der Waals surface area (Å²) < 4.78 is 22.3. The molecule has 3 aromatic carbocycles. The van der Waals surface area contributed by atoms with E-state index in [1.165, 1.54) is 0 Å². The highest BCUT2D eigenvalue weighted by Crippen LogP contribution is 2.47. The number of ether oxygens (including phenoxy) is 4. The Kier molecular flexibility index (Phi) is 7.80. The van der Waals surface area contributed by atoms with E-state index in [2.05, 4.69) is 17.0 Å². The second-order valence-electron chi connectivity index (χ2n) is 8.59. The number of aliphatic hydroxyl groups excluding tert-OH is 2. The third-order valence-corrected chi connectivity index (χ3v) is 6.63. The van der Waals surface area contributed by atoms with Gasteiger partial charge in [0, 0.05) is 12.6 Å². The molecule has 0 bridgehead atoms. The van der Waals surface area contributed by atoms with E-state index in [-0.39, 0.29) is 25.2 Å². The van der Waals surface area contributed by atoms with E-state index in [0.29, 0.717) is 29.4 Å². The maximum Gasteiger partial charge on any atom is 0.161 e. The second kappa shape index (κ2) is 11.0. The van der Waals surface area contributed by atoms with Gasteiger partial charge < -0.3 is 29.2 Å². The van der Waals surface area contributed by atoms with Gasteiger partial charge in [0.2, 0.25) is 0 Å². The molecule has 0 aliphatic carbocycles. The molecule has 0 aromatic heterocycles. The quantitative estimate of drug-likeness (QED) is 0.484. The Morgan fingerprint density at radius 1 is 0.800 bits per heavy atom. The molecular weight excluding hydrogens is 446 g/mol. The average molecular weight is 480 g/mol. The summed E-state index contributed by atoms with van der Waals surface area (Å²) >= 11 is 0. The van der Waals surface area contributed by atoms with E-state index in [9.17, 15) is 10.2 Å². The molecule has 7 nitrogen and oxygen atoms in total. The zero-order valence-corrected chi connectivity index (χ0v) is 20.6. The van der Waals surface area contributed by atoms with Gasteiger partial charge in [-0.3, -0.25) is 4.90 Å². The maximum atomic E-state index is 10.6. The molecule has 0 saturated heterocycles. The van der Waals surface area contributed by atoms with Gasteiger partial charge >= 0.3 is 0 Å². The predicted molar refractivity (Wildman–Crippen MR) is 134 cm³/mol. The normalized spacial score (nSPS) is 18.5. The van der Waals surface area contributed by atoms with Crippen LogP contribution >= 0.6 is 0 Å². The third kappa shape index (κ3) is 4.93. The van der Waals surface area contributed by atoms with Crippen molar-refractivity contribution in [1.29, 1.82) is 0 Å². The molecule has 186 valence electrons. The van der Waals surface area contributed by atoms with Crippen molar-refractivity contribution in [2.75, 3.05) is 41.6 Å². The summed E-state index contributed by atoms with van der Waals surface area (Å²) in [7, 11) is 6.50. The standard InChI is InChI=1S/C28H33NO6/c1-32-24-11-10-19(13-25(24)33-2)23-12-20-14-26(34-3)27(35-4)15-22(20)28(18-8-6-5-7-9-18)29(23)16-21(31)17-30/h5-11,13-15,21,23,28,30-31H,12,16-17H2,1-4H3. The molecule has 35 heavy (non-hydrogen) atoms. The van der Waals surface area contributed by atoms with Gasteiger partial charge in [0.15, 0.2) is 23.0 Å². The summed E-state index contributed by atoms with van der Waals surface area (Å²) in [5.41, 5.74) is 4.31. The van der Waals surface area contributed by atoms with Crippen LogP contribution in [0.25, 0.3) is 0 Å². The van der Waals surface area contributed by atoms with Crippen molar-refractivity contribution in [3.05, 3.63) is 82.9 Å². The monoisotopic (exact) mass is 479 g/mol. The number of hydrogen-bond donors (Lipinski definition) is 2. The zero-order chi connectivity index (χ0) is 24.9. The molecule has 0 amide bonds. The van der Waals surface area contributed by atoms with Crippen LogP contribution in [0.4, 0.5) is 0 Å². The van der Waals surface area contributed by atoms with Crippen LogP contribution in [0.1, 0.15) is 34.3 Å². The highest BCUT2D eigenvalue weighted by molar-refractivity contribution is 5.53. The summed E-state index contributed by atoms with van der Waals surface area (Å²) in [4.78, 5) is 2.24. The van der Waals surface area contributed by atoms with Crippen LogP contribution in [0, 0.1) is 0 Å². The van der Waals surface area contributed by atoms with E-state index >= 15 is 0 Å². The van der Waals surface area contributed by atoms with Crippen molar-refractivity contribution in [3.63, 3.8) is 0 Å². The molecule has 7 heteroatoms. The Bertz CT molecular complexity index is 1140. The molecule has 0 fully saturated rings. The minimum absolute atomic E-state index is 0.105. The average Bonchev–Trinajstić information content (AvgIpc) is 2.91. The number of β-amino-alcohol motifs (C(OH)–C–C–N with tert-alkyl or cyclic N) is 1. The minimum atomic E-state index is -0.898. The SMILES string of the molecule is COc1ccc(C2Cc3cc(OC)c(OC)cc3C(c3ccccc3)N2CC(O)CO)cc1OC. The highest BCUT2D eigenvalue weighted by atomic mass is 16.5. The molecule has 1 aliphatic heterocycles. The number of benzene rings is 3. The first-order valence-electron chi connectivity index (χ1n) is 11.6. The van der Waals surface area contributed by atoms with Gasteiger partial charge in [-0.05, 0) is 52.9 Å². The second-order valence-corrected chi connectivity index (χ2v) is 8.59. The summed E-state index contributed by atoms with van der Waals surface area (Å²) in [5, 5.41) is 20.3. The van der Waals surface area contributed by atoms with Gasteiger partial charge in [0.05, 0.1) is 47.2 Å². The van der Waals surface area contributed by atoms with Gasteiger partial charge in [0.25, 0.3) is 0 Å². The number of methoxy groups -OCH3 is 4. The first-order valence-corrected chi connectivity index (χ1v) is 11.6. The fourth-order valence-electron chi connectivity index (χ4n) is 4.96. The molecule has 3 unspecified atom stereocenters. The van der Waals surface area contributed by atoms with E-state index in [1.807, 2.05) is 48.5 Å². The van der Waals surface area contributed by atoms with Crippen molar-refractivity contribution < 1.29 is 29.2 Å². The van der Waals surface area contributed by atoms with Crippen molar-refractivity contribution in [2.24, 2.45) is 0 Å². The Morgan fingerprint density at radius 3 is 2.06 bits per heavy atom. The van der Waals surface area contributed by atoms with Gasteiger partial charge in [0.1, 0.15) is 0 Å². The van der Waals surface area contributed by atoms with Crippen LogP contribution in [0.2, 0.25) is 0 Å². The highest BCUT2D eigenvalue weighted by Gasteiger charge is 2.38. The third-order valence-electron chi connectivity index (χ3n) is 6.63. The number of aliphatic hydroxyl groups is 2. The fraction of sp³-hybridized carbons (Fsp3) is 0.357. The molecule has 2 N–H and O–H groups in total. The topological polar surface area (TPSA) is 80.6 Å². The smallest absolute Gasteiger partial charge is 0.161 e. The number of rotatable bonds is 9. The van der Waals surface area contributed by atoms with Crippen molar-refractivity contribution in [2.45, 2.75) is 24.6 Å². The van der Waals surface area contributed by atoms with Crippen LogP contribution in [0.15, 0.2) is 60.7 Å². The Morgan fingerprint density at radius 2 is 1.43 bits per heavy atom. The Hall–Kier alpha value is -3.26. The van der Waals surface area contributed by atoms with E-state index in [4.69, 9.17) is 18.9 Å². The Balaban J connectivity index is 1.93. The summed E-state index contributed by atoms with van der Waals surface area (Å²) in [6.45, 7) is -0.0433. The van der Waals surface area contributed by atoms with E-state index < -0.39 is 6.10 Å². The molecule has 0 spiro atoms. The molecule has 3 aromatic rings. The number of nitrogens with zero attached hydrogens (tertiary/aromatic N) is 1. The fourth-order valence-corrected chi connectivity index (χ4v) is 4.96. The first kappa shape index (κ1) is 24.9. The molecule has 0 saturated carbocycles. The lowest BCUT2D eigenvalue weighted by atomic mass is 9.82. The summed E-state index contributed by atoms with van der Waals surface area (Å²) in [6, 6.07) is 19.9. The van der Waals surface area contributed by atoms with E-state index in [0.717, 1.165) is 22.3 Å². The van der Waals surface area contributed by atoms with Crippen molar-refractivity contribution >= 4 is 0 Å². The van der Waals surface area contributed by atoms with Crippen LogP contribution in [-0.2, 0) is 6.42 Å². The van der Waals surface area contributed by atoms with Crippen LogP contribution in [0.5, 0.6) is 23.0 Å². The van der Waals surface area contributed by atoms with Gasteiger partial charge in [-0.25, -0.2) is 0 Å². The van der Waals surface area contributed by atoms with Crippen LogP contribution in [0.3, 0.4) is 0 Å². The molecule has 1 aliphatic rings. The lowest BCUT2D eigenvalue weighted by Gasteiger charge is -2.45. The molecular formula is C28H33NO6. The largest absolute Gasteiger partial charge is 0.493 e. The summed E-state index contributed by atoms with van der Waals surface area (Å²) in [5.74, 6) is 2.62. The first-order chi connectivity index (χ1) is 17.0. The van der Waals surface area contributed by atoms with Crippen LogP contribution < -0.4 is 18.9 Å². The van der Waals surface area contributed by atoms with Crippen molar-refractivity contribution in [1.82, 2.24) is 4.90 Å². The van der Waals surface area contributed by atoms with Gasteiger partial charge in [-0.1, -0.05) is 36.4 Å². The van der Waals surface area contributed by atoms with E-state index in [1.54, 1.807) is 28.4 Å². The molecule has 1 heterocycles.